The number of benzene rings is 2. The van der Waals surface area contributed by atoms with Crippen molar-refractivity contribution in [3.8, 4) is 0 Å². The van der Waals surface area contributed by atoms with Crippen molar-refractivity contribution in [3.63, 3.8) is 0 Å². The molecule has 0 heterocycles. The SMILES string of the molecule is CCOC(=O)c1cccc(NC(=O)C(C)c2ccc(CC(C)C)cc2)c1. The first-order valence-corrected chi connectivity index (χ1v) is 9.07. The fourth-order valence-electron chi connectivity index (χ4n) is 2.75. The van der Waals surface area contributed by atoms with Crippen molar-refractivity contribution in [2.45, 2.75) is 40.0 Å². The highest BCUT2D eigenvalue weighted by Gasteiger charge is 2.16. The molecule has 1 amide bonds. The van der Waals surface area contributed by atoms with Gasteiger partial charge in [-0.1, -0.05) is 44.2 Å². The second kappa shape index (κ2) is 9.18. The first-order chi connectivity index (χ1) is 12.4. The molecule has 0 fully saturated rings. The molecule has 138 valence electrons. The van der Waals surface area contributed by atoms with Gasteiger partial charge in [-0.15, -0.1) is 0 Å². The normalized spacial score (nSPS) is 11.9. The van der Waals surface area contributed by atoms with E-state index in [2.05, 4.69) is 31.3 Å². The Bertz CT molecular complexity index is 750. The zero-order valence-electron chi connectivity index (χ0n) is 15.9. The Kier molecular flexibility index (Phi) is 6.96. The third-order valence-corrected chi connectivity index (χ3v) is 4.16. The Morgan fingerprint density at radius 1 is 1.04 bits per heavy atom. The van der Waals surface area contributed by atoms with Crippen LogP contribution in [-0.4, -0.2) is 18.5 Å². The van der Waals surface area contributed by atoms with Crippen LogP contribution in [-0.2, 0) is 16.0 Å². The smallest absolute Gasteiger partial charge is 0.338 e. The maximum absolute atomic E-state index is 12.6. The lowest BCUT2D eigenvalue weighted by atomic mass is 9.96. The minimum Gasteiger partial charge on any atom is -0.462 e. The van der Waals surface area contributed by atoms with Crippen LogP contribution >= 0.6 is 0 Å². The molecule has 2 rings (SSSR count). The van der Waals surface area contributed by atoms with E-state index in [9.17, 15) is 9.59 Å². The Morgan fingerprint density at radius 2 is 1.73 bits per heavy atom. The van der Waals surface area contributed by atoms with E-state index in [1.807, 2.05) is 19.1 Å². The summed E-state index contributed by atoms with van der Waals surface area (Å²) in [5.41, 5.74) is 3.26. The number of hydrogen-bond donors (Lipinski definition) is 1. The molecule has 26 heavy (non-hydrogen) atoms. The first-order valence-electron chi connectivity index (χ1n) is 9.07. The average molecular weight is 353 g/mol. The number of nitrogens with one attached hydrogen (secondary N) is 1. The van der Waals surface area contributed by atoms with Gasteiger partial charge in [-0.25, -0.2) is 4.79 Å². The van der Waals surface area contributed by atoms with Gasteiger partial charge in [0.1, 0.15) is 0 Å². The van der Waals surface area contributed by atoms with E-state index in [0.29, 0.717) is 23.8 Å². The number of ether oxygens (including phenoxy) is 1. The second-order valence-electron chi connectivity index (χ2n) is 6.85. The molecule has 0 aliphatic heterocycles. The third-order valence-electron chi connectivity index (χ3n) is 4.16. The van der Waals surface area contributed by atoms with E-state index in [-0.39, 0.29) is 11.8 Å². The van der Waals surface area contributed by atoms with E-state index < -0.39 is 5.97 Å². The summed E-state index contributed by atoms with van der Waals surface area (Å²) in [6, 6.07) is 15.0. The molecule has 0 bridgehead atoms. The van der Waals surface area contributed by atoms with Gasteiger partial charge in [-0.05, 0) is 55.5 Å². The number of amides is 1. The van der Waals surface area contributed by atoms with Crippen molar-refractivity contribution in [3.05, 3.63) is 65.2 Å². The zero-order valence-corrected chi connectivity index (χ0v) is 15.9. The monoisotopic (exact) mass is 353 g/mol. The molecular weight excluding hydrogens is 326 g/mol. The lowest BCUT2D eigenvalue weighted by Gasteiger charge is -2.14. The van der Waals surface area contributed by atoms with Gasteiger partial charge in [-0.3, -0.25) is 4.79 Å². The lowest BCUT2D eigenvalue weighted by molar-refractivity contribution is -0.117. The summed E-state index contributed by atoms with van der Waals surface area (Å²) in [5, 5.41) is 2.88. The molecule has 0 saturated carbocycles. The number of carbonyl (C=O) groups is 2. The molecule has 1 N–H and O–H groups in total. The molecule has 0 aliphatic carbocycles. The van der Waals surface area contributed by atoms with Gasteiger partial charge in [0.2, 0.25) is 5.91 Å². The van der Waals surface area contributed by atoms with Crippen LogP contribution in [0.2, 0.25) is 0 Å². The maximum atomic E-state index is 12.6. The highest BCUT2D eigenvalue weighted by Crippen LogP contribution is 2.20. The topological polar surface area (TPSA) is 55.4 Å². The highest BCUT2D eigenvalue weighted by molar-refractivity contribution is 5.97. The van der Waals surface area contributed by atoms with E-state index in [4.69, 9.17) is 4.74 Å². The van der Waals surface area contributed by atoms with Crippen molar-refractivity contribution >= 4 is 17.6 Å². The molecule has 0 spiro atoms. The molecule has 0 aromatic heterocycles. The summed E-state index contributed by atoms with van der Waals surface area (Å²) in [6.45, 7) is 8.33. The summed E-state index contributed by atoms with van der Waals surface area (Å²) in [6.07, 6.45) is 1.03. The van der Waals surface area contributed by atoms with Crippen LogP contribution in [0.4, 0.5) is 5.69 Å². The van der Waals surface area contributed by atoms with E-state index in [1.165, 1.54) is 5.56 Å². The van der Waals surface area contributed by atoms with Crippen LogP contribution in [0, 0.1) is 5.92 Å². The Hall–Kier alpha value is -2.62. The van der Waals surface area contributed by atoms with Gasteiger partial charge in [-0.2, -0.15) is 0 Å². The summed E-state index contributed by atoms with van der Waals surface area (Å²) >= 11 is 0. The molecular formula is C22H27NO3. The molecule has 1 atom stereocenters. The van der Waals surface area contributed by atoms with Gasteiger partial charge in [0.25, 0.3) is 0 Å². The predicted octanol–water partition coefficient (Wildman–Crippen LogP) is 4.80. The molecule has 0 aliphatic rings. The minimum absolute atomic E-state index is 0.109. The van der Waals surface area contributed by atoms with Crippen molar-refractivity contribution in [2.75, 3.05) is 11.9 Å². The molecule has 4 heteroatoms. The number of hydrogen-bond acceptors (Lipinski definition) is 3. The van der Waals surface area contributed by atoms with Crippen molar-refractivity contribution in [1.82, 2.24) is 0 Å². The van der Waals surface area contributed by atoms with Crippen LogP contribution in [0.15, 0.2) is 48.5 Å². The van der Waals surface area contributed by atoms with Crippen LogP contribution in [0.25, 0.3) is 0 Å². The summed E-state index contributed by atoms with van der Waals surface area (Å²) < 4.78 is 4.99. The maximum Gasteiger partial charge on any atom is 0.338 e. The summed E-state index contributed by atoms with van der Waals surface area (Å²) in [7, 11) is 0. The van der Waals surface area contributed by atoms with Gasteiger partial charge in [0, 0.05) is 5.69 Å². The van der Waals surface area contributed by atoms with E-state index in [0.717, 1.165) is 12.0 Å². The number of anilines is 1. The van der Waals surface area contributed by atoms with Crippen molar-refractivity contribution < 1.29 is 14.3 Å². The standard InChI is InChI=1S/C22H27NO3/c1-5-26-22(25)19-7-6-8-20(14-19)23-21(24)16(4)18-11-9-17(10-12-18)13-15(2)3/h6-12,14-16H,5,13H2,1-4H3,(H,23,24). The second-order valence-corrected chi connectivity index (χ2v) is 6.85. The molecule has 2 aromatic rings. The minimum atomic E-state index is -0.391. The van der Waals surface area contributed by atoms with Crippen LogP contribution < -0.4 is 5.32 Å². The summed E-state index contributed by atoms with van der Waals surface area (Å²) in [5.74, 6) is -0.178. The van der Waals surface area contributed by atoms with Crippen molar-refractivity contribution in [2.24, 2.45) is 5.92 Å². The fraction of sp³-hybridized carbons (Fsp3) is 0.364. The average Bonchev–Trinajstić information content (AvgIpc) is 2.61. The molecule has 4 nitrogen and oxygen atoms in total. The first kappa shape index (κ1) is 19.7. The van der Waals surface area contributed by atoms with Crippen LogP contribution in [0.1, 0.15) is 55.1 Å². The summed E-state index contributed by atoms with van der Waals surface area (Å²) in [4.78, 5) is 24.4. The number of rotatable bonds is 7. The molecule has 2 aromatic carbocycles. The third kappa shape index (κ3) is 5.45. The number of carbonyl (C=O) groups excluding carboxylic acids is 2. The van der Waals surface area contributed by atoms with Crippen molar-refractivity contribution in [1.29, 1.82) is 0 Å². The van der Waals surface area contributed by atoms with Crippen LogP contribution in [0.3, 0.4) is 0 Å². The molecule has 0 saturated heterocycles. The van der Waals surface area contributed by atoms with Gasteiger partial charge >= 0.3 is 5.97 Å². The molecule has 1 unspecified atom stereocenters. The Balaban J connectivity index is 2.05. The lowest BCUT2D eigenvalue weighted by Crippen LogP contribution is -2.19. The Labute approximate surface area is 155 Å². The predicted molar refractivity (Wildman–Crippen MR) is 104 cm³/mol. The molecule has 0 radical (unpaired) electrons. The zero-order chi connectivity index (χ0) is 19.1. The van der Waals surface area contributed by atoms with E-state index >= 15 is 0 Å². The van der Waals surface area contributed by atoms with Crippen LogP contribution in [0.5, 0.6) is 0 Å². The highest BCUT2D eigenvalue weighted by atomic mass is 16.5. The quantitative estimate of drug-likeness (QED) is 0.727. The van der Waals surface area contributed by atoms with E-state index in [1.54, 1.807) is 31.2 Å². The fourth-order valence-corrected chi connectivity index (χ4v) is 2.75. The largest absolute Gasteiger partial charge is 0.462 e. The number of esters is 1. The Morgan fingerprint density at radius 3 is 2.35 bits per heavy atom. The van der Waals surface area contributed by atoms with Gasteiger partial charge in [0.05, 0.1) is 18.1 Å². The van der Waals surface area contributed by atoms with Gasteiger partial charge < -0.3 is 10.1 Å². The van der Waals surface area contributed by atoms with Gasteiger partial charge in [0.15, 0.2) is 0 Å².